The number of fused-ring (bicyclic) bond motifs is 1. The van der Waals surface area contributed by atoms with Gasteiger partial charge < -0.3 is 34.8 Å². The van der Waals surface area contributed by atoms with Crippen LogP contribution in [0.4, 0.5) is 0 Å². The zero-order valence-corrected chi connectivity index (χ0v) is 17.4. The standard InChI is InChI=1S/C24H29NO6/c1-2-15-7-9-16(10-8-15)11-17-12-25(19-6-4-3-5-18(17)19)23-21(29)20(28)22(30)24(13-26,14-27)31-23/h3-10,12,20-23,26-30H,2,11,13-14H2,1H3/t20-,21-,22+,23-/m1/s1. The number of aromatic nitrogens is 1. The highest BCUT2D eigenvalue weighted by Gasteiger charge is 2.53. The van der Waals surface area contributed by atoms with Crippen LogP contribution in [-0.2, 0) is 17.6 Å². The van der Waals surface area contributed by atoms with Crippen molar-refractivity contribution >= 4 is 10.9 Å². The van der Waals surface area contributed by atoms with Gasteiger partial charge in [-0.2, -0.15) is 0 Å². The van der Waals surface area contributed by atoms with Crippen molar-refractivity contribution in [2.75, 3.05) is 13.2 Å². The molecule has 0 unspecified atom stereocenters. The number of benzene rings is 2. The number of aliphatic hydroxyl groups excluding tert-OH is 5. The molecule has 4 rings (SSSR count). The van der Waals surface area contributed by atoms with Crippen LogP contribution in [0.25, 0.3) is 10.9 Å². The lowest BCUT2D eigenvalue weighted by molar-refractivity contribution is -0.304. The van der Waals surface area contributed by atoms with Crippen LogP contribution >= 0.6 is 0 Å². The Bertz CT molecular complexity index is 1030. The summed E-state index contributed by atoms with van der Waals surface area (Å²) in [6.45, 7) is 0.698. The van der Waals surface area contributed by atoms with Gasteiger partial charge in [-0.1, -0.05) is 49.4 Å². The van der Waals surface area contributed by atoms with Gasteiger partial charge in [0.25, 0.3) is 0 Å². The Kier molecular flexibility index (Phi) is 6.16. The molecule has 3 aromatic rings. The number of para-hydroxylation sites is 1. The van der Waals surface area contributed by atoms with Crippen LogP contribution in [0.15, 0.2) is 54.7 Å². The third-order valence-corrected chi connectivity index (χ3v) is 6.32. The van der Waals surface area contributed by atoms with E-state index in [0.29, 0.717) is 6.42 Å². The van der Waals surface area contributed by atoms with Crippen molar-refractivity contribution in [3.05, 3.63) is 71.4 Å². The molecule has 0 bridgehead atoms. The Balaban J connectivity index is 1.75. The Labute approximate surface area is 180 Å². The van der Waals surface area contributed by atoms with Gasteiger partial charge in [0.05, 0.1) is 18.7 Å². The molecule has 2 aromatic carbocycles. The first-order chi connectivity index (χ1) is 14.9. The molecule has 0 aliphatic carbocycles. The van der Waals surface area contributed by atoms with Crippen LogP contribution in [0.1, 0.15) is 29.8 Å². The van der Waals surface area contributed by atoms with E-state index in [-0.39, 0.29) is 0 Å². The lowest BCUT2D eigenvalue weighted by Crippen LogP contribution is -2.65. The Morgan fingerprint density at radius 1 is 0.903 bits per heavy atom. The fourth-order valence-corrected chi connectivity index (χ4v) is 4.32. The smallest absolute Gasteiger partial charge is 0.163 e. The minimum absolute atomic E-state index is 0.663. The average molecular weight is 427 g/mol. The lowest BCUT2D eigenvalue weighted by atomic mass is 9.87. The normalized spacial score (nSPS) is 25.7. The first kappa shape index (κ1) is 22.0. The van der Waals surface area contributed by atoms with E-state index < -0.39 is 43.4 Å². The van der Waals surface area contributed by atoms with Crippen LogP contribution < -0.4 is 0 Å². The molecule has 1 aromatic heterocycles. The van der Waals surface area contributed by atoms with Gasteiger partial charge in [0.15, 0.2) is 6.23 Å². The first-order valence-corrected chi connectivity index (χ1v) is 10.5. The molecule has 31 heavy (non-hydrogen) atoms. The van der Waals surface area contributed by atoms with E-state index in [9.17, 15) is 25.5 Å². The molecule has 7 nitrogen and oxygen atoms in total. The summed E-state index contributed by atoms with van der Waals surface area (Å²) < 4.78 is 7.56. The summed E-state index contributed by atoms with van der Waals surface area (Å²) in [4.78, 5) is 0. The van der Waals surface area contributed by atoms with Gasteiger partial charge in [-0.15, -0.1) is 0 Å². The molecule has 1 saturated heterocycles. The van der Waals surface area contributed by atoms with Crippen LogP contribution in [0, 0.1) is 0 Å². The Hall–Kier alpha value is -2.26. The zero-order valence-electron chi connectivity index (χ0n) is 17.4. The maximum atomic E-state index is 10.7. The minimum atomic E-state index is -1.79. The third kappa shape index (κ3) is 3.78. The van der Waals surface area contributed by atoms with Crippen molar-refractivity contribution in [3.8, 4) is 0 Å². The zero-order chi connectivity index (χ0) is 22.2. The molecule has 1 aliphatic heterocycles. The Morgan fingerprint density at radius 2 is 1.55 bits per heavy atom. The molecular weight excluding hydrogens is 398 g/mol. The molecule has 1 fully saturated rings. The van der Waals surface area contributed by atoms with Crippen molar-refractivity contribution in [1.29, 1.82) is 0 Å². The summed E-state index contributed by atoms with van der Waals surface area (Å²) in [6, 6.07) is 16.1. The van der Waals surface area contributed by atoms with Crippen LogP contribution in [-0.4, -0.2) is 67.2 Å². The minimum Gasteiger partial charge on any atom is -0.393 e. The molecule has 0 radical (unpaired) electrons. The van der Waals surface area contributed by atoms with E-state index in [0.717, 1.165) is 28.5 Å². The van der Waals surface area contributed by atoms with Gasteiger partial charge >= 0.3 is 0 Å². The van der Waals surface area contributed by atoms with Crippen molar-refractivity contribution in [2.45, 2.75) is 49.9 Å². The number of aryl methyl sites for hydroxylation is 1. The van der Waals surface area contributed by atoms with Crippen molar-refractivity contribution in [1.82, 2.24) is 4.57 Å². The van der Waals surface area contributed by atoms with Gasteiger partial charge in [0.2, 0.25) is 0 Å². The van der Waals surface area contributed by atoms with Crippen LogP contribution in [0.2, 0.25) is 0 Å². The maximum absolute atomic E-state index is 10.7. The number of aliphatic hydroxyl groups is 5. The molecule has 4 atom stereocenters. The predicted octanol–water partition coefficient (Wildman–Crippen LogP) is 1.13. The number of rotatable bonds is 6. The van der Waals surface area contributed by atoms with E-state index >= 15 is 0 Å². The fraction of sp³-hybridized carbons (Fsp3) is 0.417. The third-order valence-electron chi connectivity index (χ3n) is 6.32. The summed E-state index contributed by atoms with van der Waals surface area (Å²) in [6.07, 6.45) is -2.28. The number of ether oxygens (including phenoxy) is 1. The first-order valence-electron chi connectivity index (χ1n) is 10.5. The second-order valence-corrected chi connectivity index (χ2v) is 8.24. The van der Waals surface area contributed by atoms with Crippen molar-refractivity contribution in [3.63, 3.8) is 0 Å². The van der Waals surface area contributed by atoms with Gasteiger partial charge in [-0.3, -0.25) is 0 Å². The summed E-state index contributed by atoms with van der Waals surface area (Å²) >= 11 is 0. The van der Waals surface area contributed by atoms with Gasteiger partial charge in [0, 0.05) is 11.6 Å². The fourth-order valence-electron chi connectivity index (χ4n) is 4.32. The van der Waals surface area contributed by atoms with E-state index in [1.165, 1.54) is 5.56 Å². The molecule has 0 amide bonds. The highest BCUT2D eigenvalue weighted by Crippen LogP contribution is 2.38. The van der Waals surface area contributed by atoms with Crippen LogP contribution in [0.5, 0.6) is 0 Å². The van der Waals surface area contributed by atoms with Gasteiger partial charge in [-0.05, 0) is 35.6 Å². The lowest BCUT2D eigenvalue weighted by Gasteiger charge is -2.47. The van der Waals surface area contributed by atoms with E-state index in [1.54, 1.807) is 4.57 Å². The quantitative estimate of drug-likeness (QED) is 0.403. The molecule has 5 N–H and O–H groups in total. The predicted molar refractivity (Wildman–Crippen MR) is 116 cm³/mol. The number of nitrogens with zero attached hydrogens (tertiary/aromatic N) is 1. The molecule has 0 spiro atoms. The molecule has 166 valence electrons. The molecule has 2 heterocycles. The van der Waals surface area contributed by atoms with E-state index in [2.05, 4.69) is 31.2 Å². The largest absolute Gasteiger partial charge is 0.393 e. The second kappa shape index (κ2) is 8.70. The molecule has 1 aliphatic rings. The monoisotopic (exact) mass is 427 g/mol. The number of hydrogen-bond acceptors (Lipinski definition) is 6. The Morgan fingerprint density at radius 3 is 2.19 bits per heavy atom. The number of hydrogen-bond donors (Lipinski definition) is 5. The van der Waals surface area contributed by atoms with Crippen molar-refractivity contribution < 1.29 is 30.3 Å². The highest BCUT2D eigenvalue weighted by atomic mass is 16.6. The molecule has 0 saturated carbocycles. The van der Waals surface area contributed by atoms with Gasteiger partial charge in [0.1, 0.15) is 23.9 Å². The summed E-state index contributed by atoms with van der Waals surface area (Å²) in [5, 5.41) is 52.0. The summed E-state index contributed by atoms with van der Waals surface area (Å²) in [5.74, 6) is 0. The SMILES string of the molecule is CCc1ccc(Cc2cn([C@@H]3OC(CO)(CO)[C@@H](O)[C@H](O)[C@H]3O)c3ccccc23)cc1. The highest BCUT2D eigenvalue weighted by molar-refractivity contribution is 5.84. The van der Waals surface area contributed by atoms with Crippen molar-refractivity contribution in [2.24, 2.45) is 0 Å². The van der Waals surface area contributed by atoms with E-state index in [1.807, 2.05) is 30.5 Å². The topological polar surface area (TPSA) is 115 Å². The van der Waals surface area contributed by atoms with Gasteiger partial charge in [-0.25, -0.2) is 0 Å². The summed E-state index contributed by atoms with van der Waals surface area (Å²) in [7, 11) is 0. The van der Waals surface area contributed by atoms with E-state index in [4.69, 9.17) is 4.74 Å². The molecular formula is C24H29NO6. The summed E-state index contributed by atoms with van der Waals surface area (Å²) in [5.41, 5.74) is 2.41. The molecule has 7 heteroatoms. The maximum Gasteiger partial charge on any atom is 0.163 e. The second-order valence-electron chi connectivity index (χ2n) is 8.24. The average Bonchev–Trinajstić information content (AvgIpc) is 3.17. The van der Waals surface area contributed by atoms with Crippen LogP contribution in [0.3, 0.4) is 0 Å².